The van der Waals surface area contributed by atoms with E-state index in [0.717, 1.165) is 24.2 Å². The van der Waals surface area contributed by atoms with Crippen molar-refractivity contribution < 1.29 is 9.21 Å². The van der Waals surface area contributed by atoms with Gasteiger partial charge in [-0.15, -0.1) is 11.3 Å². The summed E-state index contributed by atoms with van der Waals surface area (Å²) in [5.74, 6) is 1.40. The van der Waals surface area contributed by atoms with Gasteiger partial charge in [0.15, 0.2) is 5.89 Å². The first-order valence-corrected chi connectivity index (χ1v) is 11.6. The molecule has 1 atom stereocenters. The van der Waals surface area contributed by atoms with Gasteiger partial charge in [0, 0.05) is 24.5 Å². The smallest absolute Gasteiger partial charge is 0.264 e. The van der Waals surface area contributed by atoms with Gasteiger partial charge in [0.2, 0.25) is 0 Å². The van der Waals surface area contributed by atoms with E-state index in [1.165, 1.54) is 17.7 Å². The van der Waals surface area contributed by atoms with Crippen molar-refractivity contribution in [1.82, 2.24) is 19.9 Å². The lowest BCUT2D eigenvalue weighted by atomic mass is 9.97. The maximum atomic E-state index is 13.3. The number of fused-ring (bicyclic) bond motifs is 1. The number of hydrogen-bond donors (Lipinski definition) is 1. The molecule has 1 N–H and O–H groups in total. The third-order valence-corrected chi connectivity index (χ3v) is 7.25. The minimum absolute atomic E-state index is 0.0389. The molecule has 4 aromatic rings. The average molecular weight is 469 g/mol. The van der Waals surface area contributed by atoms with Gasteiger partial charge >= 0.3 is 0 Å². The van der Waals surface area contributed by atoms with Crippen molar-refractivity contribution >= 4 is 39.1 Å². The van der Waals surface area contributed by atoms with Gasteiger partial charge in [0.05, 0.1) is 28.7 Å². The summed E-state index contributed by atoms with van der Waals surface area (Å²) in [5, 5.41) is 1.19. The van der Waals surface area contributed by atoms with Crippen molar-refractivity contribution in [1.29, 1.82) is 0 Å². The first kappa shape index (κ1) is 20.9. The van der Waals surface area contributed by atoms with E-state index in [1.54, 1.807) is 13.1 Å². The van der Waals surface area contributed by atoms with E-state index in [-0.39, 0.29) is 17.4 Å². The third-order valence-electron chi connectivity index (χ3n) is 5.82. The fourth-order valence-corrected chi connectivity index (χ4v) is 5.56. The van der Waals surface area contributed by atoms with Crippen molar-refractivity contribution in [3.05, 3.63) is 79.8 Å². The Balaban J connectivity index is 1.33. The Bertz CT molecular complexity index is 1360. The molecule has 1 saturated heterocycles. The summed E-state index contributed by atoms with van der Waals surface area (Å²) in [6.07, 6.45) is 5.52. The number of benzene rings is 1. The number of halogens is 1. The Kier molecular flexibility index (Phi) is 5.57. The van der Waals surface area contributed by atoms with Gasteiger partial charge in [0.25, 0.3) is 11.5 Å². The SMILES string of the molecule is Cc1c(C(=O)N2CCCC(c3ncc(Cc4cccc(Cl)c4)o3)C2)sc2nc[nH]c(=O)c12. The number of aromatic nitrogens is 3. The zero-order chi connectivity index (χ0) is 22.2. The summed E-state index contributed by atoms with van der Waals surface area (Å²) < 4.78 is 6.04. The molecule has 0 bridgehead atoms. The molecule has 1 aromatic carbocycles. The van der Waals surface area contributed by atoms with Crippen LogP contribution in [-0.4, -0.2) is 38.8 Å². The highest BCUT2D eigenvalue weighted by Crippen LogP contribution is 2.32. The lowest BCUT2D eigenvalue weighted by Crippen LogP contribution is -2.39. The topological polar surface area (TPSA) is 92.1 Å². The molecule has 0 aliphatic carbocycles. The fraction of sp³-hybridized carbons (Fsp3) is 0.304. The standard InChI is InChI=1S/C23H21ClN4O3S/c1-13-18-20(29)26-12-27-22(18)32-19(13)23(30)28-7-3-5-15(11-28)21-25-10-17(31-21)9-14-4-2-6-16(24)8-14/h2,4,6,8,10,12,15H,3,5,7,9,11H2,1H3,(H,26,27,29). The first-order valence-electron chi connectivity index (χ1n) is 10.4. The largest absolute Gasteiger partial charge is 0.445 e. The van der Waals surface area contributed by atoms with Gasteiger partial charge in [-0.1, -0.05) is 23.7 Å². The lowest BCUT2D eigenvalue weighted by molar-refractivity contribution is 0.0702. The molecule has 4 heterocycles. The molecule has 0 saturated carbocycles. The van der Waals surface area contributed by atoms with Crippen LogP contribution in [0.1, 0.15) is 51.2 Å². The van der Waals surface area contributed by atoms with E-state index in [9.17, 15) is 9.59 Å². The van der Waals surface area contributed by atoms with Crippen molar-refractivity contribution in [3.8, 4) is 0 Å². The van der Waals surface area contributed by atoms with Crippen molar-refractivity contribution in [2.45, 2.75) is 32.1 Å². The second-order valence-electron chi connectivity index (χ2n) is 8.03. The van der Waals surface area contributed by atoms with Gasteiger partial charge in [-0.25, -0.2) is 9.97 Å². The zero-order valence-electron chi connectivity index (χ0n) is 17.4. The number of hydrogen-bond acceptors (Lipinski definition) is 6. The minimum atomic E-state index is -0.216. The molecule has 5 rings (SSSR count). The Morgan fingerprint density at radius 2 is 2.25 bits per heavy atom. The molecule has 7 nitrogen and oxygen atoms in total. The summed E-state index contributed by atoms with van der Waals surface area (Å²) in [4.78, 5) is 39.7. The highest BCUT2D eigenvalue weighted by Gasteiger charge is 2.30. The number of oxazole rings is 1. The molecule has 0 spiro atoms. The number of carbonyl (C=O) groups excluding carboxylic acids is 1. The summed E-state index contributed by atoms with van der Waals surface area (Å²) in [6, 6.07) is 7.67. The Hall–Kier alpha value is -2.97. The first-order chi connectivity index (χ1) is 15.5. The van der Waals surface area contributed by atoms with E-state index in [1.807, 2.05) is 29.2 Å². The van der Waals surface area contributed by atoms with Crippen molar-refractivity contribution in [3.63, 3.8) is 0 Å². The van der Waals surface area contributed by atoms with Crippen LogP contribution in [0.25, 0.3) is 10.2 Å². The Morgan fingerprint density at radius 1 is 1.38 bits per heavy atom. The number of thiophene rings is 1. The van der Waals surface area contributed by atoms with Crippen LogP contribution in [0.2, 0.25) is 5.02 Å². The third kappa shape index (κ3) is 3.96. The van der Waals surface area contributed by atoms with Gasteiger partial charge in [-0.2, -0.15) is 0 Å². The normalized spacial score (nSPS) is 16.6. The van der Waals surface area contributed by atoms with E-state index in [2.05, 4.69) is 15.0 Å². The van der Waals surface area contributed by atoms with Gasteiger partial charge in [-0.3, -0.25) is 9.59 Å². The zero-order valence-corrected chi connectivity index (χ0v) is 19.0. The number of nitrogens with zero attached hydrogens (tertiary/aromatic N) is 3. The molecule has 1 unspecified atom stereocenters. The average Bonchev–Trinajstić information content (AvgIpc) is 3.39. The number of carbonyl (C=O) groups is 1. The van der Waals surface area contributed by atoms with Gasteiger partial charge in [0.1, 0.15) is 10.6 Å². The van der Waals surface area contributed by atoms with Gasteiger partial charge < -0.3 is 14.3 Å². The van der Waals surface area contributed by atoms with Crippen LogP contribution in [0, 0.1) is 6.92 Å². The van der Waals surface area contributed by atoms with Crippen LogP contribution in [0.15, 0.2) is 46.0 Å². The number of rotatable bonds is 4. The van der Waals surface area contributed by atoms with Crippen LogP contribution in [-0.2, 0) is 6.42 Å². The highest BCUT2D eigenvalue weighted by molar-refractivity contribution is 7.20. The molecule has 3 aromatic heterocycles. The highest BCUT2D eigenvalue weighted by atomic mass is 35.5. The summed E-state index contributed by atoms with van der Waals surface area (Å²) >= 11 is 7.35. The second-order valence-corrected chi connectivity index (χ2v) is 9.47. The molecule has 0 radical (unpaired) electrons. The maximum absolute atomic E-state index is 13.3. The summed E-state index contributed by atoms with van der Waals surface area (Å²) in [5.41, 5.74) is 1.53. The number of nitrogens with one attached hydrogen (secondary N) is 1. The van der Waals surface area contributed by atoms with Crippen LogP contribution < -0.4 is 5.56 Å². The number of amides is 1. The van der Waals surface area contributed by atoms with Crippen LogP contribution in [0.5, 0.6) is 0 Å². The van der Waals surface area contributed by atoms with Crippen LogP contribution >= 0.6 is 22.9 Å². The quantitative estimate of drug-likeness (QED) is 0.474. The number of aromatic amines is 1. The monoisotopic (exact) mass is 468 g/mol. The lowest BCUT2D eigenvalue weighted by Gasteiger charge is -2.31. The summed E-state index contributed by atoms with van der Waals surface area (Å²) in [6.45, 7) is 3.01. The molecule has 1 aliphatic rings. The van der Waals surface area contributed by atoms with Gasteiger partial charge in [-0.05, 0) is 43.0 Å². The molecule has 1 fully saturated rings. The number of likely N-dealkylation sites (tertiary alicyclic amines) is 1. The Morgan fingerprint density at radius 3 is 3.06 bits per heavy atom. The van der Waals surface area contributed by atoms with Crippen molar-refractivity contribution in [2.75, 3.05) is 13.1 Å². The van der Waals surface area contributed by atoms with E-state index in [4.69, 9.17) is 16.0 Å². The predicted octanol–water partition coefficient (Wildman–Crippen LogP) is 4.55. The molecular formula is C23H21ClN4O3S. The maximum Gasteiger partial charge on any atom is 0.264 e. The van der Waals surface area contributed by atoms with E-state index < -0.39 is 0 Å². The molecule has 164 valence electrons. The van der Waals surface area contributed by atoms with Crippen LogP contribution in [0.3, 0.4) is 0 Å². The number of piperidine rings is 1. The number of aryl methyl sites for hydroxylation is 1. The molecular weight excluding hydrogens is 448 g/mol. The van der Waals surface area contributed by atoms with Crippen LogP contribution in [0.4, 0.5) is 0 Å². The molecule has 1 aliphatic heterocycles. The van der Waals surface area contributed by atoms with Crippen molar-refractivity contribution in [2.24, 2.45) is 0 Å². The fourth-order valence-electron chi connectivity index (χ4n) is 4.23. The predicted molar refractivity (Wildman–Crippen MR) is 124 cm³/mol. The van der Waals surface area contributed by atoms with E-state index in [0.29, 0.717) is 51.1 Å². The summed E-state index contributed by atoms with van der Waals surface area (Å²) in [7, 11) is 0. The second kappa shape index (κ2) is 8.52. The van der Waals surface area contributed by atoms with E-state index >= 15 is 0 Å². The molecule has 9 heteroatoms. The molecule has 1 amide bonds. The molecule has 32 heavy (non-hydrogen) atoms. The Labute approximate surface area is 193 Å². The minimum Gasteiger partial charge on any atom is -0.445 e. The number of H-pyrrole nitrogens is 1.